The van der Waals surface area contributed by atoms with Gasteiger partial charge in [-0.05, 0) is 84.9 Å². The van der Waals surface area contributed by atoms with E-state index in [2.05, 4.69) is 4.99 Å². The monoisotopic (exact) mass is 769 g/mol. The van der Waals surface area contributed by atoms with Crippen molar-refractivity contribution in [3.05, 3.63) is 129 Å². The first-order chi connectivity index (χ1) is 24.3. The van der Waals surface area contributed by atoms with Gasteiger partial charge in [-0.3, -0.25) is 9.59 Å². The van der Waals surface area contributed by atoms with Crippen LogP contribution < -0.4 is 9.47 Å². The Morgan fingerprint density at radius 2 is 1.04 bits per heavy atom. The molecule has 5 rings (SSSR count). The molecule has 16 heteroatoms. The first kappa shape index (κ1) is 38.3. The summed E-state index contributed by atoms with van der Waals surface area (Å²) in [4.78, 5) is 31.2. The zero-order valence-electron chi connectivity index (χ0n) is 27.3. The Bertz CT molecular complexity index is 1860. The lowest BCUT2D eigenvalue weighted by atomic mass is 9.74. The van der Waals surface area contributed by atoms with Gasteiger partial charge in [0.1, 0.15) is 18.1 Å². The molecule has 0 bridgehead atoms. The third kappa shape index (κ3) is 7.49. The second-order valence-electron chi connectivity index (χ2n) is 11.5. The van der Waals surface area contributed by atoms with Crippen molar-refractivity contribution >= 4 is 41.0 Å². The first-order valence-corrected chi connectivity index (χ1v) is 15.9. The molecule has 0 amide bonds. The number of nitrogens with zero attached hydrogens (tertiary/aromatic N) is 1. The summed E-state index contributed by atoms with van der Waals surface area (Å²) < 4.78 is 115. The lowest BCUT2D eigenvalue weighted by Crippen LogP contribution is -2.71. The second-order valence-corrected chi connectivity index (χ2v) is 12.3. The molecule has 0 saturated heterocycles. The predicted octanol–water partition coefficient (Wildman–Crippen LogP) is 9.51. The van der Waals surface area contributed by atoms with Crippen LogP contribution in [0.25, 0.3) is 0 Å². The number of rotatable bonds is 10. The Morgan fingerprint density at radius 1 is 0.654 bits per heavy atom. The van der Waals surface area contributed by atoms with Gasteiger partial charge in [-0.1, -0.05) is 35.3 Å². The van der Waals surface area contributed by atoms with Crippen molar-refractivity contribution in [1.29, 1.82) is 0 Å². The fourth-order valence-corrected chi connectivity index (χ4v) is 5.99. The number of aliphatic imine (C=N–C) groups is 1. The molecule has 2 unspecified atom stereocenters. The fourth-order valence-electron chi connectivity index (χ4n) is 5.74. The van der Waals surface area contributed by atoms with Crippen molar-refractivity contribution in [2.75, 3.05) is 6.61 Å². The van der Waals surface area contributed by atoms with Crippen molar-refractivity contribution in [3.8, 4) is 11.5 Å². The molecular formula is C36H27Cl2F6NO7. The standard InChI is InChI=1S/C36H27Cl2F6NO7/c1-21-45-32(20-48-21,33(49-22(2)46,24-10-14-28(37)15-11-24)51-30-8-4-6-26(18-30)35(39,40)41)34(50-23(3)47,25-12-16-29(38)17-13-25)52-31-9-5-7-27(19-31)36(42,43)44/h4-19H,20H2,1-3H3. The minimum atomic E-state index is -4.86. The van der Waals surface area contributed by atoms with Gasteiger partial charge >= 0.3 is 35.9 Å². The van der Waals surface area contributed by atoms with E-state index in [-0.39, 0.29) is 27.1 Å². The first-order valence-electron chi connectivity index (χ1n) is 15.1. The largest absolute Gasteiger partial charge is 0.478 e. The van der Waals surface area contributed by atoms with Gasteiger partial charge in [-0.25, -0.2) is 4.99 Å². The van der Waals surface area contributed by atoms with E-state index in [0.717, 1.165) is 50.2 Å². The number of halogens is 8. The highest BCUT2D eigenvalue weighted by molar-refractivity contribution is 6.30. The van der Waals surface area contributed by atoms with Gasteiger partial charge in [0.15, 0.2) is 5.90 Å². The highest BCUT2D eigenvalue weighted by atomic mass is 35.5. The summed E-state index contributed by atoms with van der Waals surface area (Å²) in [7, 11) is 0. The van der Waals surface area contributed by atoms with Gasteiger partial charge < -0.3 is 23.7 Å². The average Bonchev–Trinajstić information content (AvgIpc) is 3.47. The maximum atomic E-state index is 14.0. The minimum Gasteiger partial charge on any atom is -0.478 e. The molecule has 4 aromatic carbocycles. The van der Waals surface area contributed by atoms with E-state index in [1.54, 1.807) is 0 Å². The minimum absolute atomic E-state index is 0.148. The number of benzene rings is 4. The summed E-state index contributed by atoms with van der Waals surface area (Å²) in [5, 5.41) is 0.334. The molecule has 1 heterocycles. The number of hydrogen-bond donors (Lipinski definition) is 0. The van der Waals surface area contributed by atoms with E-state index in [0.29, 0.717) is 12.1 Å². The Kier molecular flexibility index (Phi) is 10.5. The SMILES string of the molecule is CC(=O)OC(Oc1cccc(C(F)(F)F)c1)(c1ccc(Cl)cc1)C1(C(OC(C)=O)(Oc2cccc(C(F)(F)F)c2)c2ccc(Cl)cc2)COC(C)=N1. The summed E-state index contributed by atoms with van der Waals surface area (Å²) in [5.74, 6) is -9.06. The van der Waals surface area contributed by atoms with Gasteiger partial charge in [0.2, 0.25) is 0 Å². The highest BCUT2D eigenvalue weighted by Crippen LogP contribution is 2.56. The Morgan fingerprint density at radius 3 is 1.35 bits per heavy atom. The Balaban J connectivity index is 1.97. The summed E-state index contributed by atoms with van der Waals surface area (Å²) in [5.41, 5.74) is -5.21. The van der Waals surface area contributed by atoms with Crippen LogP contribution in [0.5, 0.6) is 11.5 Å². The second kappa shape index (κ2) is 14.2. The van der Waals surface area contributed by atoms with Crippen molar-refractivity contribution < 1.29 is 59.6 Å². The third-order valence-corrected chi connectivity index (χ3v) is 8.30. The molecular weight excluding hydrogens is 743 g/mol. The molecule has 0 aromatic heterocycles. The van der Waals surface area contributed by atoms with Crippen LogP contribution in [0.2, 0.25) is 10.0 Å². The maximum Gasteiger partial charge on any atom is 0.416 e. The zero-order valence-corrected chi connectivity index (χ0v) is 28.8. The summed E-state index contributed by atoms with van der Waals surface area (Å²) in [6.45, 7) is 2.51. The van der Waals surface area contributed by atoms with Crippen LogP contribution in [0.1, 0.15) is 43.0 Å². The van der Waals surface area contributed by atoms with Crippen LogP contribution in [0.4, 0.5) is 26.3 Å². The number of hydrogen-bond acceptors (Lipinski definition) is 8. The molecule has 0 fully saturated rings. The van der Waals surface area contributed by atoms with Crippen LogP contribution in [0, 0.1) is 0 Å². The van der Waals surface area contributed by atoms with Crippen LogP contribution in [-0.2, 0) is 47.7 Å². The zero-order chi connectivity index (χ0) is 38.1. The van der Waals surface area contributed by atoms with Crippen molar-refractivity contribution in [2.24, 2.45) is 4.99 Å². The van der Waals surface area contributed by atoms with Crippen molar-refractivity contribution in [2.45, 2.75) is 50.2 Å². The fraction of sp³-hybridized carbons (Fsp3) is 0.250. The van der Waals surface area contributed by atoms with E-state index in [9.17, 15) is 35.9 Å². The molecule has 0 saturated carbocycles. The van der Waals surface area contributed by atoms with Gasteiger partial charge in [-0.15, -0.1) is 0 Å². The van der Waals surface area contributed by atoms with Gasteiger partial charge in [0, 0.05) is 41.9 Å². The highest BCUT2D eigenvalue weighted by Gasteiger charge is 2.76. The Labute approximate surface area is 302 Å². The Hall–Kier alpha value is -4.95. The molecule has 8 nitrogen and oxygen atoms in total. The molecule has 52 heavy (non-hydrogen) atoms. The molecule has 0 N–H and O–H groups in total. The van der Waals surface area contributed by atoms with E-state index < -0.39 is 70.6 Å². The van der Waals surface area contributed by atoms with Crippen LogP contribution in [-0.4, -0.2) is 30.0 Å². The third-order valence-electron chi connectivity index (χ3n) is 7.80. The topological polar surface area (TPSA) is 92.7 Å². The molecule has 0 aliphatic carbocycles. The van der Waals surface area contributed by atoms with Crippen molar-refractivity contribution in [1.82, 2.24) is 0 Å². The summed E-state index contributed by atoms with van der Waals surface area (Å²) >= 11 is 12.4. The van der Waals surface area contributed by atoms with Crippen LogP contribution in [0.15, 0.2) is 102 Å². The van der Waals surface area contributed by atoms with E-state index in [1.165, 1.54) is 55.5 Å². The lowest BCUT2D eigenvalue weighted by Gasteiger charge is -2.51. The van der Waals surface area contributed by atoms with Gasteiger partial charge in [0.05, 0.1) is 11.1 Å². The smallest absolute Gasteiger partial charge is 0.416 e. The number of esters is 2. The van der Waals surface area contributed by atoms with Gasteiger partial charge in [0.25, 0.3) is 5.54 Å². The molecule has 2 atom stereocenters. The molecule has 0 spiro atoms. The molecule has 0 radical (unpaired) electrons. The average molecular weight is 771 g/mol. The summed E-state index contributed by atoms with van der Waals surface area (Å²) in [6, 6.07) is 17.7. The van der Waals surface area contributed by atoms with Crippen LogP contribution >= 0.6 is 23.2 Å². The molecule has 274 valence electrons. The van der Waals surface area contributed by atoms with E-state index in [4.69, 9.17) is 46.9 Å². The molecule has 4 aromatic rings. The maximum absolute atomic E-state index is 14.0. The van der Waals surface area contributed by atoms with E-state index >= 15 is 0 Å². The van der Waals surface area contributed by atoms with Gasteiger partial charge in [-0.2, -0.15) is 26.3 Å². The molecule has 1 aliphatic heterocycles. The number of ether oxygens (including phenoxy) is 5. The number of alkyl halides is 6. The number of carbonyl (C=O) groups is 2. The number of carbonyl (C=O) groups excluding carboxylic acids is 2. The van der Waals surface area contributed by atoms with E-state index in [1.807, 2.05) is 0 Å². The predicted molar refractivity (Wildman–Crippen MR) is 176 cm³/mol. The lowest BCUT2D eigenvalue weighted by molar-refractivity contribution is -0.314. The van der Waals surface area contributed by atoms with Crippen molar-refractivity contribution in [3.63, 3.8) is 0 Å². The quantitative estimate of drug-likeness (QED) is 0.0902. The van der Waals surface area contributed by atoms with Crippen LogP contribution in [0.3, 0.4) is 0 Å². The normalized spacial score (nSPS) is 18.2. The summed E-state index contributed by atoms with van der Waals surface area (Å²) in [6.07, 6.45) is -9.71. The molecule has 1 aliphatic rings.